The van der Waals surface area contributed by atoms with Crippen LogP contribution in [0, 0.1) is 12.8 Å². The molecule has 0 bridgehead atoms. The molecule has 5 nitrogen and oxygen atoms in total. The molecule has 0 spiro atoms. The Bertz CT molecular complexity index is 746. The summed E-state index contributed by atoms with van der Waals surface area (Å²) in [5.74, 6) is 0.356. The smallest absolute Gasteiger partial charge is 0.227 e. The first-order valence-corrected chi connectivity index (χ1v) is 8.46. The van der Waals surface area contributed by atoms with Gasteiger partial charge < -0.3 is 15.0 Å². The van der Waals surface area contributed by atoms with Crippen molar-refractivity contribution in [2.45, 2.75) is 13.3 Å². The number of carbonyl (C=O) groups excluding carboxylic acids is 2. The molecule has 1 N–H and O–H groups in total. The van der Waals surface area contributed by atoms with Crippen LogP contribution in [0.1, 0.15) is 12.0 Å². The second-order valence-corrected chi connectivity index (χ2v) is 6.20. The number of hydrogen-bond donors (Lipinski definition) is 1. The van der Waals surface area contributed by atoms with Gasteiger partial charge in [-0.05, 0) is 36.8 Å². The molecule has 0 saturated carbocycles. The van der Waals surface area contributed by atoms with Crippen LogP contribution in [0.25, 0.3) is 0 Å². The van der Waals surface area contributed by atoms with Crippen LogP contribution in [0.15, 0.2) is 54.6 Å². The van der Waals surface area contributed by atoms with Crippen LogP contribution in [0.4, 0.5) is 5.69 Å². The highest BCUT2D eigenvalue weighted by Gasteiger charge is 2.34. The molecule has 1 unspecified atom stereocenters. The Morgan fingerprint density at radius 3 is 2.76 bits per heavy atom. The molecule has 2 aromatic carbocycles. The summed E-state index contributed by atoms with van der Waals surface area (Å²) in [6, 6.07) is 17.2. The Labute approximate surface area is 147 Å². The molecule has 5 heteroatoms. The van der Waals surface area contributed by atoms with Gasteiger partial charge in [-0.3, -0.25) is 9.59 Å². The van der Waals surface area contributed by atoms with Crippen molar-refractivity contribution in [2.75, 3.05) is 24.6 Å². The van der Waals surface area contributed by atoms with E-state index < -0.39 is 0 Å². The number of amides is 2. The molecule has 1 aliphatic heterocycles. The van der Waals surface area contributed by atoms with Gasteiger partial charge in [0.2, 0.25) is 11.8 Å². The predicted octanol–water partition coefficient (Wildman–Crippen LogP) is 2.54. The highest BCUT2D eigenvalue weighted by Crippen LogP contribution is 2.25. The summed E-state index contributed by atoms with van der Waals surface area (Å²) in [6.07, 6.45) is 0.249. The minimum absolute atomic E-state index is 0.00807. The molecule has 1 saturated heterocycles. The number of aryl methyl sites for hydroxylation is 1. The van der Waals surface area contributed by atoms with Gasteiger partial charge in [0.05, 0.1) is 12.5 Å². The summed E-state index contributed by atoms with van der Waals surface area (Å²) >= 11 is 0. The van der Waals surface area contributed by atoms with E-state index in [2.05, 4.69) is 5.32 Å². The standard InChI is InChI=1S/C20H22N2O3/c1-15-6-5-7-17(12-15)22-14-16(13-19(22)23)20(24)21-10-11-25-18-8-3-2-4-9-18/h2-9,12,16H,10-11,13-14H2,1H3,(H,21,24). The Morgan fingerprint density at radius 1 is 1.20 bits per heavy atom. The lowest BCUT2D eigenvalue weighted by Gasteiger charge is -2.17. The highest BCUT2D eigenvalue weighted by atomic mass is 16.5. The number of ether oxygens (including phenoxy) is 1. The zero-order valence-corrected chi connectivity index (χ0v) is 14.3. The number of nitrogens with one attached hydrogen (secondary N) is 1. The lowest BCUT2D eigenvalue weighted by atomic mass is 10.1. The first kappa shape index (κ1) is 17.0. The average molecular weight is 338 g/mol. The highest BCUT2D eigenvalue weighted by molar-refractivity contribution is 6.00. The fraction of sp³-hybridized carbons (Fsp3) is 0.300. The zero-order chi connectivity index (χ0) is 17.6. The van der Waals surface area contributed by atoms with E-state index in [0.717, 1.165) is 17.0 Å². The van der Waals surface area contributed by atoms with Crippen LogP contribution >= 0.6 is 0 Å². The van der Waals surface area contributed by atoms with Gasteiger partial charge >= 0.3 is 0 Å². The quantitative estimate of drug-likeness (QED) is 0.824. The van der Waals surface area contributed by atoms with Gasteiger partial charge in [0.1, 0.15) is 12.4 Å². The van der Waals surface area contributed by atoms with E-state index in [4.69, 9.17) is 4.74 Å². The van der Waals surface area contributed by atoms with Crippen LogP contribution in [0.3, 0.4) is 0 Å². The number of hydrogen-bond acceptors (Lipinski definition) is 3. The van der Waals surface area contributed by atoms with Gasteiger partial charge in [0, 0.05) is 18.7 Å². The van der Waals surface area contributed by atoms with Crippen molar-refractivity contribution < 1.29 is 14.3 Å². The third-order valence-corrected chi connectivity index (χ3v) is 4.22. The minimum Gasteiger partial charge on any atom is -0.492 e. The largest absolute Gasteiger partial charge is 0.492 e. The molecule has 1 heterocycles. The van der Waals surface area contributed by atoms with E-state index in [0.29, 0.717) is 19.7 Å². The van der Waals surface area contributed by atoms with Crippen LogP contribution in [-0.4, -0.2) is 31.5 Å². The van der Waals surface area contributed by atoms with Crippen LogP contribution in [0.5, 0.6) is 5.75 Å². The second kappa shape index (κ2) is 7.83. The number of nitrogens with zero attached hydrogens (tertiary/aromatic N) is 1. The van der Waals surface area contributed by atoms with E-state index in [1.165, 1.54) is 0 Å². The fourth-order valence-electron chi connectivity index (χ4n) is 2.93. The van der Waals surface area contributed by atoms with E-state index >= 15 is 0 Å². The van der Waals surface area contributed by atoms with Gasteiger partial charge in [-0.1, -0.05) is 30.3 Å². The van der Waals surface area contributed by atoms with Gasteiger partial charge in [0.15, 0.2) is 0 Å². The molecular weight excluding hydrogens is 316 g/mol. The molecule has 1 atom stereocenters. The van der Waals surface area contributed by atoms with Crippen LogP contribution in [-0.2, 0) is 9.59 Å². The Hall–Kier alpha value is -2.82. The first-order valence-electron chi connectivity index (χ1n) is 8.46. The molecule has 25 heavy (non-hydrogen) atoms. The van der Waals surface area contributed by atoms with Gasteiger partial charge in [0.25, 0.3) is 0 Å². The monoisotopic (exact) mass is 338 g/mol. The normalized spacial score (nSPS) is 16.8. The van der Waals surface area contributed by atoms with Crippen LogP contribution < -0.4 is 15.0 Å². The lowest BCUT2D eigenvalue weighted by molar-refractivity contribution is -0.126. The van der Waals surface area contributed by atoms with E-state index in [1.807, 2.05) is 61.5 Å². The molecule has 0 radical (unpaired) electrons. The maximum absolute atomic E-state index is 12.3. The number of benzene rings is 2. The Kier molecular flexibility index (Phi) is 5.33. The average Bonchev–Trinajstić information content (AvgIpc) is 3.01. The molecule has 130 valence electrons. The molecule has 2 amide bonds. The Morgan fingerprint density at radius 2 is 2.00 bits per heavy atom. The van der Waals surface area contributed by atoms with Crippen molar-refractivity contribution >= 4 is 17.5 Å². The summed E-state index contributed by atoms with van der Waals surface area (Å²) < 4.78 is 5.55. The zero-order valence-electron chi connectivity index (χ0n) is 14.3. The van der Waals surface area contributed by atoms with Crippen molar-refractivity contribution in [3.05, 3.63) is 60.2 Å². The molecule has 3 rings (SSSR count). The Balaban J connectivity index is 1.47. The molecular formula is C20H22N2O3. The maximum atomic E-state index is 12.3. The van der Waals surface area contributed by atoms with Crippen molar-refractivity contribution in [3.8, 4) is 5.75 Å². The van der Waals surface area contributed by atoms with Gasteiger partial charge in [-0.25, -0.2) is 0 Å². The number of carbonyl (C=O) groups is 2. The molecule has 0 aromatic heterocycles. The van der Waals surface area contributed by atoms with Crippen molar-refractivity contribution in [2.24, 2.45) is 5.92 Å². The summed E-state index contributed by atoms with van der Waals surface area (Å²) in [6.45, 7) is 3.23. The predicted molar refractivity (Wildman–Crippen MR) is 96.6 cm³/mol. The summed E-state index contributed by atoms with van der Waals surface area (Å²) in [5.41, 5.74) is 1.95. The first-order chi connectivity index (χ1) is 12.1. The minimum atomic E-state index is -0.315. The second-order valence-electron chi connectivity index (χ2n) is 6.20. The number of para-hydroxylation sites is 1. The maximum Gasteiger partial charge on any atom is 0.227 e. The van der Waals surface area contributed by atoms with Crippen molar-refractivity contribution in [1.29, 1.82) is 0 Å². The molecule has 1 fully saturated rings. The third-order valence-electron chi connectivity index (χ3n) is 4.22. The SMILES string of the molecule is Cc1cccc(N2CC(C(=O)NCCOc3ccccc3)CC2=O)c1. The molecule has 2 aromatic rings. The van der Waals surface area contributed by atoms with Crippen molar-refractivity contribution in [1.82, 2.24) is 5.32 Å². The van der Waals surface area contributed by atoms with Crippen molar-refractivity contribution in [3.63, 3.8) is 0 Å². The van der Waals surface area contributed by atoms with Gasteiger partial charge in [-0.15, -0.1) is 0 Å². The molecule has 0 aliphatic carbocycles. The fourth-order valence-corrected chi connectivity index (χ4v) is 2.93. The molecule has 1 aliphatic rings. The lowest BCUT2D eigenvalue weighted by Crippen LogP contribution is -2.35. The third kappa shape index (κ3) is 4.38. The number of anilines is 1. The number of rotatable bonds is 6. The topological polar surface area (TPSA) is 58.6 Å². The van der Waals surface area contributed by atoms with Crippen LogP contribution in [0.2, 0.25) is 0 Å². The van der Waals surface area contributed by atoms with E-state index in [1.54, 1.807) is 4.90 Å². The van der Waals surface area contributed by atoms with E-state index in [-0.39, 0.29) is 24.2 Å². The summed E-state index contributed by atoms with van der Waals surface area (Å²) in [7, 11) is 0. The summed E-state index contributed by atoms with van der Waals surface area (Å²) in [5, 5.41) is 2.86. The summed E-state index contributed by atoms with van der Waals surface area (Å²) in [4.78, 5) is 26.2. The van der Waals surface area contributed by atoms with E-state index in [9.17, 15) is 9.59 Å². The van der Waals surface area contributed by atoms with Gasteiger partial charge in [-0.2, -0.15) is 0 Å².